The molecule has 2 aliphatic rings. The van der Waals surface area contributed by atoms with Crippen LogP contribution in [0.15, 0.2) is 39.8 Å². The molecule has 1 saturated carbocycles. The summed E-state index contributed by atoms with van der Waals surface area (Å²) in [5.41, 5.74) is 1.10. The normalized spacial score (nSPS) is 18.4. The minimum atomic E-state index is -3.43. The summed E-state index contributed by atoms with van der Waals surface area (Å²) in [7, 11) is -3.43. The SMILES string of the molecule is O=C(NCc1ccc(S(=O)(=O)N2CCCCC2)cc1)c1cc(C2CC2)on1. The van der Waals surface area contributed by atoms with Crippen molar-refractivity contribution in [2.24, 2.45) is 0 Å². The zero-order chi connectivity index (χ0) is 18.9. The van der Waals surface area contributed by atoms with Gasteiger partial charge in [-0.15, -0.1) is 0 Å². The van der Waals surface area contributed by atoms with Crippen LogP contribution >= 0.6 is 0 Å². The molecule has 1 saturated heterocycles. The van der Waals surface area contributed by atoms with Crippen LogP contribution in [-0.2, 0) is 16.6 Å². The molecule has 27 heavy (non-hydrogen) atoms. The van der Waals surface area contributed by atoms with Crippen molar-refractivity contribution in [1.82, 2.24) is 14.8 Å². The number of aromatic nitrogens is 1. The van der Waals surface area contributed by atoms with E-state index in [1.165, 1.54) is 0 Å². The van der Waals surface area contributed by atoms with E-state index in [-0.39, 0.29) is 11.6 Å². The van der Waals surface area contributed by atoms with Crippen LogP contribution < -0.4 is 5.32 Å². The Morgan fingerprint density at radius 2 is 1.85 bits per heavy atom. The monoisotopic (exact) mass is 389 g/mol. The van der Waals surface area contributed by atoms with Gasteiger partial charge in [0.15, 0.2) is 5.69 Å². The first-order valence-electron chi connectivity index (χ1n) is 9.38. The second kappa shape index (κ2) is 7.44. The van der Waals surface area contributed by atoms with E-state index in [2.05, 4.69) is 10.5 Å². The van der Waals surface area contributed by atoms with E-state index in [0.717, 1.165) is 43.4 Å². The van der Waals surface area contributed by atoms with Crippen molar-refractivity contribution in [3.05, 3.63) is 47.3 Å². The maximum atomic E-state index is 12.6. The number of hydrogen-bond donors (Lipinski definition) is 1. The summed E-state index contributed by atoms with van der Waals surface area (Å²) in [5, 5.41) is 6.60. The molecule has 0 atom stereocenters. The Kier molecular flexibility index (Phi) is 5.01. The third kappa shape index (κ3) is 4.06. The van der Waals surface area contributed by atoms with Crippen LogP contribution in [0.1, 0.15) is 59.8 Å². The lowest BCUT2D eigenvalue weighted by atomic mass is 10.2. The molecule has 144 valence electrons. The van der Waals surface area contributed by atoms with E-state index in [1.807, 2.05) is 0 Å². The summed E-state index contributed by atoms with van der Waals surface area (Å²) in [4.78, 5) is 12.5. The van der Waals surface area contributed by atoms with Crippen molar-refractivity contribution in [2.75, 3.05) is 13.1 Å². The fraction of sp³-hybridized carbons (Fsp3) is 0.474. The summed E-state index contributed by atoms with van der Waals surface area (Å²) in [6, 6.07) is 8.37. The minimum Gasteiger partial charge on any atom is -0.360 e. The van der Waals surface area contributed by atoms with E-state index in [0.29, 0.717) is 30.4 Å². The number of rotatable bonds is 6. The van der Waals surface area contributed by atoms with Crippen molar-refractivity contribution in [3.8, 4) is 0 Å². The molecule has 1 aliphatic carbocycles. The van der Waals surface area contributed by atoms with Crippen molar-refractivity contribution < 1.29 is 17.7 Å². The Labute approximate surface area is 158 Å². The number of benzene rings is 1. The molecule has 2 heterocycles. The molecule has 0 spiro atoms. The van der Waals surface area contributed by atoms with Crippen molar-refractivity contribution in [1.29, 1.82) is 0 Å². The van der Waals surface area contributed by atoms with Gasteiger partial charge >= 0.3 is 0 Å². The van der Waals surface area contributed by atoms with E-state index in [4.69, 9.17) is 4.52 Å². The molecule has 1 amide bonds. The highest BCUT2D eigenvalue weighted by molar-refractivity contribution is 7.89. The molecule has 1 N–H and O–H groups in total. The van der Waals surface area contributed by atoms with Crippen molar-refractivity contribution in [2.45, 2.75) is 49.5 Å². The zero-order valence-electron chi connectivity index (χ0n) is 15.1. The Hall–Kier alpha value is -2.19. The number of nitrogens with zero attached hydrogens (tertiary/aromatic N) is 2. The van der Waals surface area contributed by atoms with Gasteiger partial charge in [-0.2, -0.15) is 4.31 Å². The van der Waals surface area contributed by atoms with E-state index in [1.54, 1.807) is 34.6 Å². The largest absolute Gasteiger partial charge is 0.360 e. The van der Waals surface area contributed by atoms with Crippen LogP contribution in [0.2, 0.25) is 0 Å². The molecule has 0 radical (unpaired) electrons. The highest BCUT2D eigenvalue weighted by Gasteiger charge is 2.29. The Balaban J connectivity index is 1.36. The molecule has 1 aliphatic heterocycles. The summed E-state index contributed by atoms with van der Waals surface area (Å²) in [6.07, 6.45) is 5.08. The number of hydrogen-bond acceptors (Lipinski definition) is 5. The Morgan fingerprint density at radius 1 is 1.15 bits per heavy atom. The molecule has 0 bridgehead atoms. The van der Waals surface area contributed by atoms with Crippen LogP contribution in [0, 0.1) is 0 Å². The molecule has 2 aromatic rings. The minimum absolute atomic E-state index is 0.279. The first-order valence-corrected chi connectivity index (χ1v) is 10.8. The lowest BCUT2D eigenvalue weighted by Gasteiger charge is -2.25. The van der Waals surface area contributed by atoms with E-state index >= 15 is 0 Å². The van der Waals surface area contributed by atoms with Gasteiger partial charge in [-0.25, -0.2) is 8.42 Å². The van der Waals surface area contributed by atoms with Gasteiger partial charge in [-0.1, -0.05) is 23.7 Å². The summed E-state index contributed by atoms with van der Waals surface area (Å²) in [5.74, 6) is 0.886. The van der Waals surface area contributed by atoms with Crippen LogP contribution in [0.25, 0.3) is 0 Å². The van der Waals surface area contributed by atoms with E-state index in [9.17, 15) is 13.2 Å². The van der Waals surface area contributed by atoms with Gasteiger partial charge in [0, 0.05) is 31.6 Å². The molecule has 2 fully saturated rings. The fourth-order valence-corrected chi connectivity index (χ4v) is 4.78. The third-order valence-electron chi connectivity index (χ3n) is 5.07. The average Bonchev–Trinajstić information content (AvgIpc) is 3.43. The molecular formula is C19H23N3O4S. The van der Waals surface area contributed by atoms with Gasteiger partial charge in [0.2, 0.25) is 10.0 Å². The topological polar surface area (TPSA) is 92.5 Å². The highest BCUT2D eigenvalue weighted by Crippen LogP contribution is 2.40. The van der Waals surface area contributed by atoms with Crippen LogP contribution in [0.5, 0.6) is 0 Å². The molecule has 0 unspecified atom stereocenters. The second-order valence-electron chi connectivity index (χ2n) is 7.18. The summed E-state index contributed by atoms with van der Waals surface area (Å²) >= 11 is 0. The van der Waals surface area contributed by atoms with Gasteiger partial charge in [-0.3, -0.25) is 4.79 Å². The Morgan fingerprint density at radius 3 is 2.52 bits per heavy atom. The van der Waals surface area contributed by atoms with Gasteiger partial charge in [0.1, 0.15) is 5.76 Å². The molecule has 1 aromatic heterocycles. The fourth-order valence-electron chi connectivity index (χ4n) is 3.26. The van der Waals surface area contributed by atoms with Gasteiger partial charge in [-0.05, 0) is 43.4 Å². The summed E-state index contributed by atoms with van der Waals surface area (Å²) < 4.78 is 32.0. The second-order valence-corrected chi connectivity index (χ2v) is 9.12. The van der Waals surface area contributed by atoms with Crippen LogP contribution in [0.4, 0.5) is 0 Å². The van der Waals surface area contributed by atoms with Gasteiger partial charge in [0.05, 0.1) is 4.90 Å². The van der Waals surface area contributed by atoms with Gasteiger partial charge < -0.3 is 9.84 Å². The lowest BCUT2D eigenvalue weighted by molar-refractivity contribution is 0.0941. The number of nitrogens with one attached hydrogen (secondary N) is 1. The number of sulfonamides is 1. The van der Waals surface area contributed by atoms with Crippen LogP contribution in [0.3, 0.4) is 0 Å². The van der Waals surface area contributed by atoms with Crippen LogP contribution in [-0.4, -0.2) is 36.9 Å². The lowest BCUT2D eigenvalue weighted by Crippen LogP contribution is -2.35. The molecule has 7 nitrogen and oxygen atoms in total. The molecular weight excluding hydrogens is 366 g/mol. The van der Waals surface area contributed by atoms with Crippen molar-refractivity contribution >= 4 is 15.9 Å². The molecule has 1 aromatic carbocycles. The zero-order valence-corrected chi connectivity index (χ0v) is 15.9. The highest BCUT2D eigenvalue weighted by atomic mass is 32.2. The standard InChI is InChI=1S/C19H23N3O4S/c23-19(17-12-18(26-21-17)15-6-7-15)20-13-14-4-8-16(9-5-14)27(24,25)22-10-2-1-3-11-22/h4-5,8-9,12,15H,1-3,6-7,10-11,13H2,(H,20,23). The molecule has 8 heteroatoms. The average molecular weight is 389 g/mol. The number of carbonyl (C=O) groups excluding carboxylic acids is 1. The van der Waals surface area contributed by atoms with Crippen molar-refractivity contribution in [3.63, 3.8) is 0 Å². The first kappa shape index (κ1) is 18.2. The summed E-state index contributed by atoms with van der Waals surface area (Å²) in [6.45, 7) is 1.47. The van der Waals surface area contributed by atoms with E-state index < -0.39 is 10.0 Å². The van der Waals surface area contributed by atoms with Gasteiger partial charge in [0.25, 0.3) is 5.91 Å². The predicted molar refractivity (Wildman–Crippen MR) is 98.7 cm³/mol. The predicted octanol–water partition coefficient (Wildman–Crippen LogP) is 2.66. The number of carbonyl (C=O) groups is 1. The number of piperidine rings is 1. The maximum Gasteiger partial charge on any atom is 0.273 e. The smallest absolute Gasteiger partial charge is 0.273 e. The molecule has 4 rings (SSSR count). The maximum absolute atomic E-state index is 12.6. The first-order chi connectivity index (χ1) is 13.0. The quantitative estimate of drug-likeness (QED) is 0.820. The Bertz CT molecular complexity index is 911. The third-order valence-corrected chi connectivity index (χ3v) is 6.98. The number of amides is 1.